The van der Waals surface area contributed by atoms with Crippen molar-refractivity contribution in [2.75, 3.05) is 0 Å². The maximum atomic E-state index is 13.3. The molecule has 0 unspecified atom stereocenters. The van der Waals surface area contributed by atoms with Crippen LogP contribution in [0.3, 0.4) is 0 Å². The molecule has 5 aromatic rings. The molecule has 1 heterocycles. The number of hydrogen-bond donors (Lipinski definition) is 1. The Morgan fingerprint density at radius 1 is 0.902 bits per heavy atom. The van der Waals surface area contributed by atoms with Crippen LogP contribution in [0.1, 0.15) is 52.7 Å². The average molecular weight is 589 g/mol. The first kappa shape index (κ1) is 28.6. The van der Waals surface area contributed by atoms with E-state index in [0.717, 1.165) is 28.0 Å². The van der Waals surface area contributed by atoms with E-state index in [-0.39, 0.29) is 16.2 Å². The molecule has 212 valence electrons. The minimum absolute atomic E-state index is 0.129. The number of phenolic OH excluding ortho intramolecular Hbond substituents is 1. The van der Waals surface area contributed by atoms with Gasteiger partial charge in [-0.15, -0.1) is 11.3 Å². The summed E-state index contributed by atoms with van der Waals surface area (Å²) in [6.45, 7) is 13.0. The highest BCUT2D eigenvalue weighted by atomic mass is 32.2. The van der Waals surface area contributed by atoms with Gasteiger partial charge in [0.25, 0.3) is 0 Å². The number of esters is 1. The summed E-state index contributed by atoms with van der Waals surface area (Å²) in [6.07, 6.45) is 0. The molecule has 0 bridgehead atoms. The number of aryl methyl sites for hydroxylation is 4. The lowest BCUT2D eigenvalue weighted by Gasteiger charge is -2.20. The number of phenols is 1. The predicted molar refractivity (Wildman–Crippen MR) is 165 cm³/mol. The maximum Gasteiger partial charge on any atom is 0.342 e. The second-order valence-electron chi connectivity index (χ2n) is 11.3. The minimum Gasteiger partial charge on any atom is -0.507 e. The second kappa shape index (κ2) is 10.2. The number of fused-ring (bicyclic) bond motifs is 2. The zero-order chi connectivity index (χ0) is 29.9. The van der Waals surface area contributed by atoms with Crippen molar-refractivity contribution >= 4 is 48.3 Å². The smallest absolute Gasteiger partial charge is 0.342 e. The highest BCUT2D eigenvalue weighted by molar-refractivity contribution is 7.87. The van der Waals surface area contributed by atoms with Gasteiger partial charge in [0.15, 0.2) is 0 Å². The van der Waals surface area contributed by atoms with Crippen molar-refractivity contribution < 1.29 is 27.2 Å². The van der Waals surface area contributed by atoms with Gasteiger partial charge >= 0.3 is 16.1 Å². The van der Waals surface area contributed by atoms with Gasteiger partial charge in [0, 0.05) is 21.0 Å². The van der Waals surface area contributed by atoms with E-state index in [2.05, 4.69) is 32.0 Å². The van der Waals surface area contributed by atoms with E-state index in [1.54, 1.807) is 32.1 Å². The summed E-state index contributed by atoms with van der Waals surface area (Å²) < 4.78 is 38.7. The first-order valence-electron chi connectivity index (χ1n) is 13.2. The number of carbonyl (C=O) groups excluding carboxylic acids is 1. The maximum absolute atomic E-state index is 13.3. The van der Waals surface area contributed by atoms with Crippen molar-refractivity contribution in [1.82, 2.24) is 0 Å². The largest absolute Gasteiger partial charge is 0.507 e. The lowest BCUT2D eigenvalue weighted by Crippen LogP contribution is -2.24. The molecule has 5 rings (SSSR count). The van der Waals surface area contributed by atoms with Crippen molar-refractivity contribution in [2.24, 2.45) is 0 Å². The average Bonchev–Trinajstić information content (AvgIpc) is 3.16. The molecule has 0 saturated carbocycles. The van der Waals surface area contributed by atoms with Crippen LogP contribution in [-0.2, 0) is 14.9 Å². The summed E-state index contributed by atoms with van der Waals surface area (Å²) in [7, 11) is -4.32. The Hall–Kier alpha value is -3.88. The van der Waals surface area contributed by atoms with Crippen LogP contribution in [0.25, 0.3) is 32.0 Å². The normalized spacial score (nSPS) is 12.2. The van der Waals surface area contributed by atoms with Crippen LogP contribution in [-0.4, -0.2) is 25.1 Å². The quantitative estimate of drug-likeness (QED) is 0.164. The Morgan fingerprint density at radius 3 is 2.20 bits per heavy atom. The van der Waals surface area contributed by atoms with E-state index in [4.69, 9.17) is 8.92 Å². The molecule has 1 aromatic heterocycles. The molecule has 8 heteroatoms. The summed E-state index contributed by atoms with van der Waals surface area (Å²) in [5.41, 5.74) is 3.74. The fourth-order valence-corrected chi connectivity index (χ4v) is 7.25. The third-order valence-corrected chi connectivity index (χ3v) is 9.37. The van der Waals surface area contributed by atoms with Gasteiger partial charge in [-0.05, 0) is 117 Å². The van der Waals surface area contributed by atoms with Gasteiger partial charge in [-0.2, -0.15) is 8.42 Å². The van der Waals surface area contributed by atoms with Crippen molar-refractivity contribution in [2.45, 2.75) is 59.0 Å². The highest BCUT2D eigenvalue weighted by Gasteiger charge is 2.25. The summed E-state index contributed by atoms with van der Waals surface area (Å²) in [5, 5.41) is 13.9. The zero-order valence-corrected chi connectivity index (χ0v) is 25.7. The van der Waals surface area contributed by atoms with Crippen molar-refractivity contribution in [3.05, 3.63) is 87.8 Å². The number of benzene rings is 4. The highest BCUT2D eigenvalue weighted by Crippen LogP contribution is 2.44. The Kier molecular flexibility index (Phi) is 7.12. The predicted octanol–water partition coefficient (Wildman–Crippen LogP) is 8.38. The van der Waals surface area contributed by atoms with Gasteiger partial charge < -0.3 is 14.0 Å². The van der Waals surface area contributed by atoms with Crippen LogP contribution >= 0.6 is 11.3 Å². The standard InChI is InChI=1S/C33H32O6S2/c1-18-14-23(30-25-11-9-8-10-22(25)16-28-29(30)20(3)21(4)40-28)15-19(2)31(18)39-41(36,37)24-12-13-26(27(34)17-24)32(35)38-33(5,6)7/h8-17,34H,1-7H3. The van der Waals surface area contributed by atoms with Crippen LogP contribution in [0.2, 0.25) is 0 Å². The Labute approximate surface area is 244 Å². The molecule has 0 atom stereocenters. The lowest BCUT2D eigenvalue weighted by atomic mass is 9.91. The number of ether oxygens (including phenoxy) is 1. The summed E-state index contributed by atoms with van der Waals surface area (Å²) >= 11 is 1.77. The van der Waals surface area contributed by atoms with Crippen molar-refractivity contribution in [3.8, 4) is 22.6 Å². The molecule has 0 amide bonds. The van der Waals surface area contributed by atoms with Gasteiger partial charge in [-0.3, -0.25) is 0 Å². The van der Waals surface area contributed by atoms with Gasteiger partial charge in [-0.25, -0.2) is 4.79 Å². The lowest BCUT2D eigenvalue weighted by molar-refractivity contribution is 0.00666. The van der Waals surface area contributed by atoms with E-state index >= 15 is 0 Å². The van der Waals surface area contributed by atoms with Crippen molar-refractivity contribution in [1.29, 1.82) is 0 Å². The number of thiophene rings is 1. The molecule has 4 aromatic carbocycles. The molecule has 1 N–H and O–H groups in total. The van der Waals surface area contributed by atoms with Crippen molar-refractivity contribution in [3.63, 3.8) is 0 Å². The molecule has 41 heavy (non-hydrogen) atoms. The topological polar surface area (TPSA) is 89.9 Å². The van der Waals surface area contributed by atoms with E-state index in [9.17, 15) is 18.3 Å². The molecule has 6 nitrogen and oxygen atoms in total. The molecule has 0 aliphatic rings. The Balaban J connectivity index is 1.55. The van der Waals surface area contributed by atoms with Gasteiger partial charge in [0.2, 0.25) is 0 Å². The monoisotopic (exact) mass is 588 g/mol. The van der Waals surface area contributed by atoms with E-state index < -0.39 is 27.4 Å². The fourth-order valence-electron chi connectivity index (χ4n) is 5.05. The summed E-state index contributed by atoms with van der Waals surface area (Å²) in [4.78, 5) is 13.4. The molecule has 0 aliphatic carbocycles. The SMILES string of the molecule is Cc1cc(-c2c3ccccc3cc3sc(C)c(C)c23)cc(C)c1OS(=O)(=O)c1ccc(C(=O)OC(C)(C)C)c(O)c1. The van der Waals surface area contributed by atoms with Crippen LogP contribution in [0, 0.1) is 27.7 Å². The molecular formula is C33H32O6S2. The van der Waals surface area contributed by atoms with Crippen LogP contribution in [0.15, 0.2) is 65.6 Å². The molecule has 0 aliphatic heterocycles. The minimum atomic E-state index is -4.32. The Bertz CT molecular complexity index is 1940. The first-order valence-corrected chi connectivity index (χ1v) is 15.4. The molecule has 0 radical (unpaired) electrons. The van der Waals surface area contributed by atoms with E-state index in [1.165, 1.54) is 32.7 Å². The van der Waals surface area contributed by atoms with Crippen LogP contribution in [0.5, 0.6) is 11.5 Å². The van der Waals surface area contributed by atoms with E-state index in [1.807, 2.05) is 38.1 Å². The molecular weight excluding hydrogens is 556 g/mol. The summed E-state index contributed by atoms with van der Waals surface area (Å²) in [5.74, 6) is -1.03. The fraction of sp³-hybridized carbons (Fsp3) is 0.242. The van der Waals surface area contributed by atoms with Crippen LogP contribution in [0.4, 0.5) is 0 Å². The third-order valence-electron chi connectivity index (χ3n) is 7.00. The van der Waals surface area contributed by atoms with E-state index in [0.29, 0.717) is 11.1 Å². The van der Waals surface area contributed by atoms with Gasteiger partial charge in [0.1, 0.15) is 27.6 Å². The molecule has 0 spiro atoms. The number of hydrogen-bond acceptors (Lipinski definition) is 7. The van der Waals surface area contributed by atoms with Crippen LogP contribution < -0.4 is 4.18 Å². The Morgan fingerprint density at radius 2 is 1.56 bits per heavy atom. The van der Waals surface area contributed by atoms with Gasteiger partial charge in [0.05, 0.1) is 0 Å². The number of aromatic hydroxyl groups is 1. The number of carbonyl (C=O) groups is 1. The molecule has 0 fully saturated rings. The van der Waals surface area contributed by atoms with Gasteiger partial charge in [-0.1, -0.05) is 24.3 Å². The zero-order valence-electron chi connectivity index (χ0n) is 24.1. The number of rotatable bonds is 5. The summed E-state index contributed by atoms with van der Waals surface area (Å²) in [6, 6.07) is 17.9. The second-order valence-corrected chi connectivity index (χ2v) is 14.1. The third kappa shape index (κ3) is 5.42. The molecule has 0 saturated heterocycles. The first-order chi connectivity index (χ1) is 19.2.